The summed E-state index contributed by atoms with van der Waals surface area (Å²) in [6.45, 7) is 0. The molecule has 0 fully saturated rings. The second kappa shape index (κ2) is 6.19. The maximum atomic E-state index is 9.63. The van der Waals surface area contributed by atoms with Crippen LogP contribution < -0.4 is 5.73 Å². The van der Waals surface area contributed by atoms with E-state index in [-0.39, 0.29) is 5.75 Å². The largest absolute Gasteiger partial charge is 0.507 e. The van der Waals surface area contributed by atoms with Gasteiger partial charge in [0.25, 0.3) is 0 Å². The van der Waals surface area contributed by atoms with E-state index in [1.165, 1.54) is 0 Å². The topological polar surface area (TPSA) is 121 Å². The Hall–Kier alpha value is -2.09. The van der Waals surface area contributed by atoms with Gasteiger partial charge in [0.15, 0.2) is 0 Å². The van der Waals surface area contributed by atoms with Crippen molar-refractivity contribution in [3.8, 4) is 16.9 Å². The Bertz CT molecular complexity index is 632. The van der Waals surface area contributed by atoms with Crippen molar-refractivity contribution < 1.29 is 22.6 Å². The molecule has 0 saturated carbocycles. The molecule has 102 valence electrons. The van der Waals surface area contributed by atoms with Gasteiger partial charge in [0.2, 0.25) is 0 Å². The molecule has 0 spiro atoms. The molecule has 0 radical (unpaired) electrons. The Morgan fingerprint density at radius 1 is 0.947 bits per heavy atom. The number of hydrogen-bond donors (Lipinski definition) is 4. The molecule has 0 aliphatic rings. The van der Waals surface area contributed by atoms with E-state index in [0.717, 1.165) is 11.1 Å². The summed E-state index contributed by atoms with van der Waals surface area (Å²) in [6.07, 6.45) is 0. The summed E-state index contributed by atoms with van der Waals surface area (Å²) in [5, 5.41) is 9.63. The number of phenols is 1. The van der Waals surface area contributed by atoms with Gasteiger partial charge in [0.1, 0.15) is 5.75 Å². The molecular weight excluding hydrogens is 270 g/mol. The summed E-state index contributed by atoms with van der Waals surface area (Å²) in [6, 6.07) is 14.7. The lowest BCUT2D eigenvalue weighted by molar-refractivity contribution is 0.381. The lowest BCUT2D eigenvalue weighted by Crippen LogP contribution is -1.89. The third-order valence-corrected chi connectivity index (χ3v) is 2.11. The predicted molar refractivity (Wildman–Crippen MR) is 72.1 cm³/mol. The van der Waals surface area contributed by atoms with Gasteiger partial charge in [-0.1, -0.05) is 30.3 Å². The van der Waals surface area contributed by atoms with Crippen molar-refractivity contribution in [3.05, 3.63) is 48.5 Å². The van der Waals surface area contributed by atoms with Gasteiger partial charge in [0, 0.05) is 11.3 Å². The zero-order valence-electron chi connectivity index (χ0n) is 9.76. The van der Waals surface area contributed by atoms with Crippen molar-refractivity contribution in [2.75, 3.05) is 5.73 Å². The number of nitrogens with two attached hydrogens (primary N) is 1. The van der Waals surface area contributed by atoms with E-state index in [2.05, 4.69) is 0 Å². The minimum Gasteiger partial charge on any atom is -0.507 e. The molecule has 0 bridgehead atoms. The lowest BCUT2D eigenvalue weighted by Gasteiger charge is -2.05. The summed E-state index contributed by atoms with van der Waals surface area (Å²) in [4.78, 5) is 0. The third kappa shape index (κ3) is 5.87. The van der Waals surface area contributed by atoms with E-state index in [0.29, 0.717) is 5.69 Å². The van der Waals surface area contributed by atoms with Gasteiger partial charge in [-0.2, -0.15) is 8.42 Å². The molecule has 0 heterocycles. The van der Waals surface area contributed by atoms with Gasteiger partial charge in [-0.25, -0.2) is 0 Å². The number of hydrogen-bond acceptors (Lipinski definition) is 4. The van der Waals surface area contributed by atoms with Crippen LogP contribution in [0.2, 0.25) is 0 Å². The van der Waals surface area contributed by atoms with Crippen LogP contribution in [-0.2, 0) is 10.4 Å². The summed E-state index contributed by atoms with van der Waals surface area (Å²) >= 11 is 0. The summed E-state index contributed by atoms with van der Waals surface area (Å²) < 4.78 is 31.6. The SMILES string of the molecule is Nc1ccc(O)c(-c2ccccc2)c1.O=S(=O)(O)O. The van der Waals surface area contributed by atoms with Crippen LogP contribution in [-0.4, -0.2) is 22.6 Å². The van der Waals surface area contributed by atoms with Crippen LogP contribution in [0.4, 0.5) is 5.69 Å². The van der Waals surface area contributed by atoms with Crippen LogP contribution in [0.1, 0.15) is 0 Å². The Labute approximate surface area is 110 Å². The van der Waals surface area contributed by atoms with Crippen LogP contribution in [0.3, 0.4) is 0 Å². The van der Waals surface area contributed by atoms with Crippen LogP contribution in [0, 0.1) is 0 Å². The van der Waals surface area contributed by atoms with Crippen LogP contribution in [0.25, 0.3) is 11.1 Å². The minimum absolute atomic E-state index is 0.255. The lowest BCUT2D eigenvalue weighted by atomic mass is 10.0. The van der Waals surface area contributed by atoms with Crippen molar-refractivity contribution in [2.45, 2.75) is 0 Å². The molecule has 0 aliphatic carbocycles. The first-order valence-corrected chi connectivity index (χ1v) is 6.51. The number of phenolic OH excluding ortho intramolecular Hbond substituents is 1. The minimum atomic E-state index is -4.67. The highest BCUT2D eigenvalue weighted by molar-refractivity contribution is 7.79. The van der Waals surface area contributed by atoms with E-state index in [4.69, 9.17) is 23.3 Å². The van der Waals surface area contributed by atoms with Crippen LogP contribution in [0.15, 0.2) is 48.5 Å². The van der Waals surface area contributed by atoms with E-state index >= 15 is 0 Å². The molecule has 0 aliphatic heterocycles. The Balaban J connectivity index is 0.000000312. The fraction of sp³-hybridized carbons (Fsp3) is 0. The number of nitrogen functional groups attached to an aromatic ring is 1. The second-order valence-electron chi connectivity index (χ2n) is 3.59. The van der Waals surface area contributed by atoms with Gasteiger partial charge >= 0.3 is 10.4 Å². The summed E-state index contributed by atoms with van der Waals surface area (Å²) in [5.41, 5.74) is 8.05. The quantitative estimate of drug-likeness (QED) is 0.361. The van der Waals surface area contributed by atoms with Crippen LogP contribution >= 0.6 is 0 Å². The first-order valence-electron chi connectivity index (χ1n) is 5.11. The highest BCUT2D eigenvalue weighted by Gasteiger charge is 2.03. The normalized spacial score (nSPS) is 10.4. The standard InChI is InChI=1S/C12H11NO.H2O4S/c13-10-6-7-12(14)11(8-10)9-4-2-1-3-5-9;1-5(2,3)4/h1-8,14H,13H2;(H2,1,2,3,4). The summed E-state index contributed by atoms with van der Waals surface area (Å²) in [7, 11) is -4.67. The molecule has 2 rings (SSSR count). The van der Waals surface area contributed by atoms with Crippen molar-refractivity contribution in [2.24, 2.45) is 0 Å². The molecule has 0 atom stereocenters. The van der Waals surface area contributed by atoms with Crippen LogP contribution in [0.5, 0.6) is 5.75 Å². The van der Waals surface area contributed by atoms with E-state index < -0.39 is 10.4 Å². The van der Waals surface area contributed by atoms with Gasteiger partial charge in [-0.15, -0.1) is 0 Å². The first-order chi connectivity index (χ1) is 8.77. The average molecular weight is 283 g/mol. The Morgan fingerprint density at radius 2 is 1.47 bits per heavy atom. The molecular formula is C12H13NO5S. The first kappa shape index (κ1) is 15.0. The van der Waals surface area contributed by atoms with Gasteiger partial charge in [-0.3, -0.25) is 9.11 Å². The molecule has 19 heavy (non-hydrogen) atoms. The average Bonchev–Trinajstić information content (AvgIpc) is 2.31. The van der Waals surface area contributed by atoms with Gasteiger partial charge < -0.3 is 10.8 Å². The van der Waals surface area contributed by atoms with Gasteiger partial charge in [0.05, 0.1) is 0 Å². The fourth-order valence-electron chi connectivity index (χ4n) is 1.40. The number of benzene rings is 2. The van der Waals surface area contributed by atoms with Crippen molar-refractivity contribution >= 4 is 16.1 Å². The Morgan fingerprint density at radius 3 is 2.00 bits per heavy atom. The molecule has 0 unspecified atom stereocenters. The number of aromatic hydroxyl groups is 1. The van der Waals surface area contributed by atoms with Crippen molar-refractivity contribution in [1.82, 2.24) is 0 Å². The molecule has 6 nitrogen and oxygen atoms in total. The zero-order chi connectivity index (χ0) is 14.5. The number of rotatable bonds is 1. The van der Waals surface area contributed by atoms with Gasteiger partial charge in [-0.05, 0) is 23.8 Å². The molecule has 7 heteroatoms. The predicted octanol–water partition coefficient (Wildman–Crippen LogP) is 1.99. The van der Waals surface area contributed by atoms with E-state index in [1.807, 2.05) is 30.3 Å². The third-order valence-electron chi connectivity index (χ3n) is 2.11. The fourth-order valence-corrected chi connectivity index (χ4v) is 1.40. The highest BCUT2D eigenvalue weighted by atomic mass is 32.3. The highest BCUT2D eigenvalue weighted by Crippen LogP contribution is 2.30. The summed E-state index contributed by atoms with van der Waals surface area (Å²) in [5.74, 6) is 0.255. The maximum absolute atomic E-state index is 9.63. The second-order valence-corrected chi connectivity index (χ2v) is 4.49. The monoisotopic (exact) mass is 283 g/mol. The maximum Gasteiger partial charge on any atom is 0.394 e. The molecule has 2 aromatic rings. The zero-order valence-corrected chi connectivity index (χ0v) is 10.6. The molecule has 0 aromatic heterocycles. The molecule has 0 amide bonds. The number of anilines is 1. The smallest absolute Gasteiger partial charge is 0.394 e. The van der Waals surface area contributed by atoms with Crippen molar-refractivity contribution in [3.63, 3.8) is 0 Å². The molecule has 2 aromatic carbocycles. The Kier molecular flexibility index (Phi) is 4.87. The van der Waals surface area contributed by atoms with E-state index in [1.54, 1.807) is 18.2 Å². The molecule has 5 N–H and O–H groups in total. The molecule has 0 saturated heterocycles. The van der Waals surface area contributed by atoms with Crippen molar-refractivity contribution in [1.29, 1.82) is 0 Å². The van der Waals surface area contributed by atoms with E-state index in [9.17, 15) is 5.11 Å².